The van der Waals surface area contributed by atoms with Gasteiger partial charge >= 0.3 is 11.9 Å². The third-order valence-corrected chi connectivity index (χ3v) is 5.96. The quantitative estimate of drug-likeness (QED) is 0.654. The van der Waals surface area contributed by atoms with Gasteiger partial charge in [-0.25, -0.2) is 9.59 Å². The van der Waals surface area contributed by atoms with Crippen LogP contribution in [0.3, 0.4) is 0 Å². The van der Waals surface area contributed by atoms with Gasteiger partial charge in [-0.2, -0.15) is 0 Å². The molecule has 2 fully saturated rings. The molecule has 0 saturated heterocycles. The summed E-state index contributed by atoms with van der Waals surface area (Å²) < 4.78 is 0. The largest absolute Gasteiger partial charge is 0.478 e. The summed E-state index contributed by atoms with van der Waals surface area (Å²) in [5, 5.41) is 39.0. The molecule has 0 radical (unpaired) electrons. The Morgan fingerprint density at radius 3 is 1.23 bits per heavy atom. The first-order valence-electron chi connectivity index (χ1n) is 9.38. The number of carboxylic acids is 2. The van der Waals surface area contributed by atoms with Gasteiger partial charge in [0.1, 0.15) is 0 Å². The third-order valence-electron chi connectivity index (χ3n) is 5.96. The lowest BCUT2D eigenvalue weighted by Crippen LogP contribution is -2.25. The van der Waals surface area contributed by atoms with Crippen molar-refractivity contribution in [3.8, 4) is 0 Å². The van der Waals surface area contributed by atoms with E-state index in [0.717, 1.165) is 0 Å². The Bertz CT molecular complexity index is 623. The van der Waals surface area contributed by atoms with Crippen LogP contribution in [0.2, 0.25) is 0 Å². The zero-order valence-electron chi connectivity index (χ0n) is 14.7. The molecule has 0 unspecified atom stereocenters. The van der Waals surface area contributed by atoms with Gasteiger partial charge in [0.25, 0.3) is 0 Å². The first kappa shape index (κ1) is 18.9. The zero-order chi connectivity index (χ0) is 18.8. The highest BCUT2D eigenvalue weighted by molar-refractivity contribution is 5.95. The van der Waals surface area contributed by atoms with E-state index in [2.05, 4.69) is 0 Å². The van der Waals surface area contributed by atoms with Crippen LogP contribution in [0.4, 0.5) is 0 Å². The molecular weight excluding hydrogens is 336 g/mol. The highest BCUT2D eigenvalue weighted by Crippen LogP contribution is 2.44. The average Bonchev–Trinajstić information content (AvgIpc) is 2.61. The van der Waals surface area contributed by atoms with Gasteiger partial charge in [0.05, 0.1) is 23.3 Å². The second-order valence-electron chi connectivity index (χ2n) is 7.61. The fourth-order valence-corrected chi connectivity index (χ4v) is 4.62. The summed E-state index contributed by atoms with van der Waals surface area (Å²) >= 11 is 0. The number of hydrogen-bond donors (Lipinski definition) is 4. The van der Waals surface area contributed by atoms with Gasteiger partial charge in [0.15, 0.2) is 0 Å². The second-order valence-corrected chi connectivity index (χ2v) is 7.61. The van der Waals surface area contributed by atoms with Crippen LogP contribution in [-0.4, -0.2) is 44.6 Å². The molecule has 6 nitrogen and oxygen atoms in total. The summed E-state index contributed by atoms with van der Waals surface area (Å²) in [5.74, 6) is -2.18. The van der Waals surface area contributed by atoms with Crippen molar-refractivity contribution in [1.82, 2.24) is 0 Å². The molecule has 0 amide bonds. The first-order valence-corrected chi connectivity index (χ1v) is 9.38. The first-order chi connectivity index (χ1) is 12.4. The Morgan fingerprint density at radius 1 is 0.654 bits per heavy atom. The number of aromatic carboxylic acids is 2. The maximum Gasteiger partial charge on any atom is 0.335 e. The number of benzene rings is 1. The predicted molar refractivity (Wildman–Crippen MR) is 94.8 cm³/mol. The van der Waals surface area contributed by atoms with E-state index < -0.39 is 11.9 Å². The van der Waals surface area contributed by atoms with Crippen molar-refractivity contribution < 1.29 is 30.0 Å². The lowest BCUT2D eigenvalue weighted by atomic mass is 9.72. The lowest BCUT2D eigenvalue weighted by Gasteiger charge is -2.33. The molecule has 0 spiro atoms. The molecule has 6 heteroatoms. The van der Waals surface area contributed by atoms with Gasteiger partial charge in [-0.05, 0) is 86.5 Å². The molecule has 1 aromatic rings. The molecule has 0 aliphatic heterocycles. The molecule has 3 rings (SSSR count). The van der Waals surface area contributed by atoms with Gasteiger partial charge in [0.2, 0.25) is 0 Å². The van der Waals surface area contributed by atoms with E-state index in [-0.39, 0.29) is 35.2 Å². The summed E-state index contributed by atoms with van der Waals surface area (Å²) in [5.41, 5.74) is 1.64. The molecule has 26 heavy (non-hydrogen) atoms. The van der Waals surface area contributed by atoms with Crippen molar-refractivity contribution in [2.45, 2.75) is 75.4 Å². The molecule has 0 bridgehead atoms. The second kappa shape index (κ2) is 7.76. The minimum absolute atomic E-state index is 0.0503. The standard InChI is InChI=1S/C20H26O6/c21-13-5-1-11(2-6-13)17-15(19(23)24)9-10-16(20(25)26)18(17)12-3-7-14(22)8-4-12/h9-14,21-22H,1-8H2,(H,23,24)(H,25,26). The van der Waals surface area contributed by atoms with Crippen molar-refractivity contribution >= 4 is 11.9 Å². The average molecular weight is 362 g/mol. The van der Waals surface area contributed by atoms with Crippen LogP contribution >= 0.6 is 0 Å². The topological polar surface area (TPSA) is 115 Å². The zero-order valence-corrected chi connectivity index (χ0v) is 14.7. The summed E-state index contributed by atoms with van der Waals surface area (Å²) in [4.78, 5) is 23.7. The molecule has 0 aromatic heterocycles. The third kappa shape index (κ3) is 3.76. The van der Waals surface area contributed by atoms with E-state index in [4.69, 9.17) is 0 Å². The summed E-state index contributed by atoms with van der Waals surface area (Å²) in [6.07, 6.45) is 4.31. The van der Waals surface area contributed by atoms with Gasteiger partial charge in [-0.3, -0.25) is 0 Å². The fraction of sp³-hybridized carbons (Fsp3) is 0.600. The molecule has 2 aliphatic rings. The Labute approximate surface area is 152 Å². The predicted octanol–water partition coefficient (Wildman–Crippen LogP) is 3.12. The Balaban J connectivity index is 2.12. The van der Waals surface area contributed by atoms with E-state index in [1.54, 1.807) is 0 Å². The van der Waals surface area contributed by atoms with E-state index in [9.17, 15) is 30.0 Å². The van der Waals surface area contributed by atoms with Crippen molar-refractivity contribution in [2.24, 2.45) is 0 Å². The molecule has 1 aromatic carbocycles. The Morgan fingerprint density at radius 2 is 0.962 bits per heavy atom. The normalized spacial score (nSPS) is 29.3. The monoisotopic (exact) mass is 362 g/mol. The highest BCUT2D eigenvalue weighted by Gasteiger charge is 2.33. The van der Waals surface area contributed by atoms with Crippen molar-refractivity contribution in [2.75, 3.05) is 0 Å². The molecule has 2 aliphatic carbocycles. The minimum Gasteiger partial charge on any atom is -0.478 e. The van der Waals surface area contributed by atoms with E-state index in [1.807, 2.05) is 0 Å². The van der Waals surface area contributed by atoms with Gasteiger partial charge in [-0.1, -0.05) is 0 Å². The molecular formula is C20H26O6. The fourth-order valence-electron chi connectivity index (χ4n) is 4.62. The van der Waals surface area contributed by atoms with Crippen LogP contribution in [0, 0.1) is 0 Å². The van der Waals surface area contributed by atoms with Crippen LogP contribution in [0.25, 0.3) is 0 Å². The number of aliphatic hydroxyl groups excluding tert-OH is 2. The van der Waals surface area contributed by atoms with Gasteiger partial charge in [-0.15, -0.1) is 0 Å². The van der Waals surface area contributed by atoms with Crippen molar-refractivity contribution in [3.63, 3.8) is 0 Å². The van der Waals surface area contributed by atoms with Crippen LogP contribution in [0.1, 0.15) is 95.0 Å². The van der Waals surface area contributed by atoms with Gasteiger partial charge < -0.3 is 20.4 Å². The van der Waals surface area contributed by atoms with Crippen molar-refractivity contribution in [1.29, 1.82) is 0 Å². The van der Waals surface area contributed by atoms with Gasteiger partial charge in [0, 0.05) is 0 Å². The summed E-state index contributed by atoms with van der Waals surface area (Å²) in [6, 6.07) is 2.82. The number of aliphatic hydroxyl groups is 2. The molecule has 4 N–H and O–H groups in total. The van der Waals surface area contributed by atoms with E-state index in [1.165, 1.54) is 12.1 Å². The van der Waals surface area contributed by atoms with E-state index >= 15 is 0 Å². The number of carboxylic acid groups (broad SMARTS) is 2. The van der Waals surface area contributed by atoms with Crippen LogP contribution < -0.4 is 0 Å². The Kier molecular flexibility index (Phi) is 5.63. The summed E-state index contributed by atoms with van der Waals surface area (Å²) in [7, 11) is 0. The lowest BCUT2D eigenvalue weighted by molar-refractivity contribution is 0.0675. The van der Waals surface area contributed by atoms with Crippen molar-refractivity contribution in [3.05, 3.63) is 34.4 Å². The molecule has 0 heterocycles. The minimum atomic E-state index is -1.04. The number of carbonyl (C=O) groups is 2. The van der Waals surface area contributed by atoms with E-state index in [0.29, 0.717) is 62.5 Å². The smallest absolute Gasteiger partial charge is 0.335 e. The highest BCUT2D eigenvalue weighted by atomic mass is 16.4. The van der Waals surface area contributed by atoms with Crippen LogP contribution in [0.5, 0.6) is 0 Å². The maximum atomic E-state index is 11.9. The van der Waals surface area contributed by atoms with Crippen LogP contribution in [0.15, 0.2) is 12.1 Å². The number of hydrogen-bond acceptors (Lipinski definition) is 4. The summed E-state index contributed by atoms with van der Waals surface area (Å²) in [6.45, 7) is 0. The molecule has 0 atom stereocenters. The Hall–Kier alpha value is -1.92. The molecule has 142 valence electrons. The SMILES string of the molecule is O=C(O)c1ccc(C(=O)O)c(C2CCC(O)CC2)c1C1CCC(O)CC1. The van der Waals surface area contributed by atoms with Crippen LogP contribution in [-0.2, 0) is 0 Å². The number of rotatable bonds is 4. The maximum absolute atomic E-state index is 11.9. The molecule has 2 saturated carbocycles.